The monoisotopic (exact) mass is 278 g/mol. The van der Waals surface area contributed by atoms with Crippen LogP contribution >= 0.6 is 11.6 Å². The standard InChI is InChI=1S/C13H11ClN2O3/c1-18-12(17)8-9-4-2-3-5-10(9)19-13-15-7-6-11(14)16-13/h2-7H,8H2,1H3. The zero-order valence-corrected chi connectivity index (χ0v) is 10.9. The lowest BCUT2D eigenvalue weighted by atomic mass is 10.1. The summed E-state index contributed by atoms with van der Waals surface area (Å²) in [5.74, 6) is 0.151. The SMILES string of the molecule is COC(=O)Cc1ccccc1Oc1nccc(Cl)n1. The van der Waals surface area contributed by atoms with Crippen LogP contribution in [0.3, 0.4) is 0 Å². The Hall–Kier alpha value is -2.14. The maximum absolute atomic E-state index is 11.3. The summed E-state index contributed by atoms with van der Waals surface area (Å²) < 4.78 is 10.2. The Balaban J connectivity index is 2.22. The summed E-state index contributed by atoms with van der Waals surface area (Å²) in [4.78, 5) is 19.2. The van der Waals surface area contributed by atoms with E-state index in [1.54, 1.807) is 24.3 Å². The van der Waals surface area contributed by atoms with Crippen LogP contribution in [0.1, 0.15) is 5.56 Å². The molecule has 19 heavy (non-hydrogen) atoms. The van der Waals surface area contributed by atoms with Crippen molar-refractivity contribution in [3.8, 4) is 11.8 Å². The molecule has 0 aliphatic heterocycles. The number of para-hydroxylation sites is 1. The maximum Gasteiger partial charge on any atom is 0.323 e. The third kappa shape index (κ3) is 3.66. The van der Waals surface area contributed by atoms with Crippen LogP contribution in [0.2, 0.25) is 5.15 Å². The number of halogens is 1. The minimum atomic E-state index is -0.344. The van der Waals surface area contributed by atoms with Crippen molar-refractivity contribution in [2.75, 3.05) is 7.11 Å². The highest BCUT2D eigenvalue weighted by Gasteiger charge is 2.10. The van der Waals surface area contributed by atoms with Gasteiger partial charge in [0.1, 0.15) is 10.9 Å². The lowest BCUT2D eigenvalue weighted by molar-refractivity contribution is -0.139. The van der Waals surface area contributed by atoms with Gasteiger partial charge in [0.15, 0.2) is 0 Å². The van der Waals surface area contributed by atoms with Gasteiger partial charge >= 0.3 is 12.0 Å². The quantitative estimate of drug-likeness (QED) is 0.635. The van der Waals surface area contributed by atoms with E-state index in [4.69, 9.17) is 16.3 Å². The van der Waals surface area contributed by atoms with Crippen LogP contribution in [0.25, 0.3) is 0 Å². The zero-order chi connectivity index (χ0) is 13.7. The van der Waals surface area contributed by atoms with E-state index < -0.39 is 0 Å². The molecule has 0 aliphatic carbocycles. The van der Waals surface area contributed by atoms with E-state index in [1.807, 2.05) is 6.07 Å². The molecule has 1 aromatic carbocycles. The van der Waals surface area contributed by atoms with Gasteiger partial charge in [-0.2, -0.15) is 4.98 Å². The molecule has 0 radical (unpaired) electrons. The predicted octanol–water partition coefficient (Wildman–Crippen LogP) is 2.64. The molecule has 0 saturated heterocycles. The fourth-order valence-corrected chi connectivity index (χ4v) is 1.57. The van der Waals surface area contributed by atoms with Gasteiger partial charge in [0.25, 0.3) is 0 Å². The molecule has 0 amide bonds. The maximum atomic E-state index is 11.3. The van der Waals surface area contributed by atoms with Crippen molar-refractivity contribution in [1.29, 1.82) is 0 Å². The van der Waals surface area contributed by atoms with E-state index in [1.165, 1.54) is 13.3 Å². The fraction of sp³-hybridized carbons (Fsp3) is 0.154. The molecule has 0 N–H and O–H groups in total. The molecule has 6 heteroatoms. The smallest absolute Gasteiger partial charge is 0.323 e. The summed E-state index contributed by atoms with van der Waals surface area (Å²) in [5, 5.41) is 0.287. The van der Waals surface area contributed by atoms with Crippen molar-refractivity contribution in [1.82, 2.24) is 9.97 Å². The third-order valence-electron chi connectivity index (χ3n) is 2.34. The van der Waals surface area contributed by atoms with Gasteiger partial charge in [-0.1, -0.05) is 29.8 Å². The molecule has 5 nitrogen and oxygen atoms in total. The second-order valence-corrected chi connectivity index (χ2v) is 4.01. The summed E-state index contributed by atoms with van der Waals surface area (Å²) in [6, 6.07) is 8.78. The van der Waals surface area contributed by atoms with Crippen LogP contribution in [0.15, 0.2) is 36.5 Å². The van der Waals surface area contributed by atoms with Gasteiger partial charge < -0.3 is 9.47 Å². The number of carbonyl (C=O) groups is 1. The third-order valence-corrected chi connectivity index (χ3v) is 2.55. The summed E-state index contributed by atoms with van der Waals surface area (Å²) >= 11 is 5.75. The molecular weight excluding hydrogens is 268 g/mol. The largest absolute Gasteiger partial charge is 0.469 e. The van der Waals surface area contributed by atoms with Crippen molar-refractivity contribution in [3.05, 3.63) is 47.2 Å². The Morgan fingerprint density at radius 3 is 2.84 bits per heavy atom. The average Bonchev–Trinajstić information content (AvgIpc) is 2.41. The number of hydrogen-bond donors (Lipinski definition) is 0. The van der Waals surface area contributed by atoms with Crippen LogP contribution in [0, 0.1) is 0 Å². The number of carbonyl (C=O) groups excluding carboxylic acids is 1. The number of aromatic nitrogens is 2. The summed E-state index contributed by atoms with van der Waals surface area (Å²) in [5.41, 5.74) is 0.693. The highest BCUT2D eigenvalue weighted by Crippen LogP contribution is 2.23. The average molecular weight is 279 g/mol. The predicted molar refractivity (Wildman–Crippen MR) is 69.3 cm³/mol. The van der Waals surface area contributed by atoms with E-state index in [0.717, 1.165) is 0 Å². The molecule has 0 unspecified atom stereocenters. The highest BCUT2D eigenvalue weighted by atomic mass is 35.5. The van der Waals surface area contributed by atoms with Gasteiger partial charge in [0.2, 0.25) is 0 Å². The molecule has 0 atom stereocenters. The Labute approximate surface area is 115 Å². The number of benzene rings is 1. The van der Waals surface area contributed by atoms with E-state index in [-0.39, 0.29) is 23.6 Å². The Morgan fingerprint density at radius 2 is 2.11 bits per heavy atom. The number of methoxy groups -OCH3 is 1. The number of rotatable bonds is 4. The molecule has 1 aromatic heterocycles. The molecule has 0 fully saturated rings. The lowest BCUT2D eigenvalue weighted by Crippen LogP contribution is -2.06. The van der Waals surface area contributed by atoms with Gasteiger partial charge in [-0.05, 0) is 12.1 Å². The molecule has 0 bridgehead atoms. The molecule has 2 rings (SSSR count). The first kappa shape index (κ1) is 13.3. The lowest BCUT2D eigenvalue weighted by Gasteiger charge is -2.08. The Morgan fingerprint density at radius 1 is 1.32 bits per heavy atom. The number of nitrogens with zero attached hydrogens (tertiary/aromatic N) is 2. The van der Waals surface area contributed by atoms with Gasteiger partial charge in [-0.3, -0.25) is 4.79 Å². The molecule has 0 aliphatic rings. The minimum Gasteiger partial charge on any atom is -0.469 e. The second-order valence-electron chi connectivity index (χ2n) is 3.62. The highest BCUT2D eigenvalue weighted by molar-refractivity contribution is 6.29. The van der Waals surface area contributed by atoms with Crippen LogP contribution in [-0.2, 0) is 16.0 Å². The summed E-state index contributed by atoms with van der Waals surface area (Å²) in [6.45, 7) is 0. The van der Waals surface area contributed by atoms with Gasteiger partial charge in [0, 0.05) is 11.8 Å². The van der Waals surface area contributed by atoms with Crippen molar-refractivity contribution < 1.29 is 14.3 Å². The second kappa shape index (κ2) is 6.15. The van der Waals surface area contributed by atoms with Gasteiger partial charge in [0.05, 0.1) is 13.5 Å². The van der Waals surface area contributed by atoms with Crippen molar-refractivity contribution in [2.24, 2.45) is 0 Å². The number of esters is 1. The van der Waals surface area contributed by atoms with Crippen LogP contribution in [0.5, 0.6) is 11.8 Å². The normalized spacial score (nSPS) is 10.0. The molecule has 0 saturated carbocycles. The van der Waals surface area contributed by atoms with Crippen molar-refractivity contribution in [3.63, 3.8) is 0 Å². The van der Waals surface area contributed by atoms with Gasteiger partial charge in [-0.25, -0.2) is 4.98 Å². The fourth-order valence-electron chi connectivity index (χ4n) is 1.44. The Bertz CT molecular complexity index is 590. The van der Waals surface area contributed by atoms with Gasteiger partial charge in [-0.15, -0.1) is 0 Å². The molecule has 0 spiro atoms. The molecule has 1 heterocycles. The van der Waals surface area contributed by atoms with E-state index >= 15 is 0 Å². The molecule has 2 aromatic rings. The summed E-state index contributed by atoms with van der Waals surface area (Å²) in [7, 11) is 1.34. The topological polar surface area (TPSA) is 61.3 Å². The summed E-state index contributed by atoms with van der Waals surface area (Å²) in [6.07, 6.45) is 1.61. The first-order chi connectivity index (χ1) is 9.19. The van der Waals surface area contributed by atoms with Crippen LogP contribution in [0.4, 0.5) is 0 Å². The first-order valence-electron chi connectivity index (χ1n) is 5.50. The Kier molecular flexibility index (Phi) is 4.30. The van der Waals surface area contributed by atoms with Crippen molar-refractivity contribution in [2.45, 2.75) is 6.42 Å². The first-order valence-corrected chi connectivity index (χ1v) is 5.88. The molecular formula is C13H11ClN2O3. The van der Waals surface area contributed by atoms with Crippen LogP contribution < -0.4 is 4.74 Å². The van der Waals surface area contributed by atoms with E-state index in [0.29, 0.717) is 11.3 Å². The minimum absolute atomic E-state index is 0.118. The van der Waals surface area contributed by atoms with E-state index in [2.05, 4.69) is 14.7 Å². The zero-order valence-electron chi connectivity index (χ0n) is 10.2. The van der Waals surface area contributed by atoms with E-state index in [9.17, 15) is 4.79 Å². The number of ether oxygens (including phenoxy) is 2. The van der Waals surface area contributed by atoms with Crippen LogP contribution in [-0.4, -0.2) is 23.0 Å². The van der Waals surface area contributed by atoms with Crippen molar-refractivity contribution >= 4 is 17.6 Å². The number of hydrogen-bond acceptors (Lipinski definition) is 5. The molecule has 98 valence electrons.